The number of anilines is 1. The number of aromatic nitrogens is 2. The van der Waals surface area contributed by atoms with E-state index in [0.29, 0.717) is 18.1 Å². The highest BCUT2D eigenvalue weighted by Gasteiger charge is 2.21. The second kappa shape index (κ2) is 6.47. The monoisotopic (exact) mass is 264 g/mol. The Morgan fingerprint density at radius 2 is 2.37 bits per heavy atom. The minimum Gasteiger partial charge on any atom is -0.376 e. The van der Waals surface area contributed by atoms with Gasteiger partial charge in [-0.25, -0.2) is 0 Å². The first kappa shape index (κ1) is 13.7. The molecule has 104 valence electrons. The molecule has 1 saturated heterocycles. The van der Waals surface area contributed by atoms with Gasteiger partial charge >= 0.3 is 0 Å². The maximum Gasteiger partial charge on any atom is 0.274 e. The highest BCUT2D eigenvalue weighted by atomic mass is 16.5. The summed E-state index contributed by atoms with van der Waals surface area (Å²) in [6.07, 6.45) is 2.25. The molecule has 0 bridgehead atoms. The van der Waals surface area contributed by atoms with Crippen LogP contribution in [0.4, 0.5) is 5.82 Å². The largest absolute Gasteiger partial charge is 0.376 e. The van der Waals surface area contributed by atoms with Crippen LogP contribution in [0.2, 0.25) is 0 Å². The fraction of sp³-hybridized carbons (Fsp3) is 0.615. The van der Waals surface area contributed by atoms with E-state index >= 15 is 0 Å². The Kier molecular flexibility index (Phi) is 4.68. The highest BCUT2D eigenvalue weighted by Crippen LogP contribution is 2.13. The van der Waals surface area contributed by atoms with Crippen molar-refractivity contribution in [3.63, 3.8) is 0 Å². The van der Waals surface area contributed by atoms with Gasteiger partial charge in [0.15, 0.2) is 5.69 Å². The molecule has 1 atom stereocenters. The third-order valence-corrected chi connectivity index (χ3v) is 3.09. The van der Waals surface area contributed by atoms with Crippen LogP contribution >= 0.6 is 0 Å². The number of carbonyl (C=O) groups excluding carboxylic acids is 1. The summed E-state index contributed by atoms with van der Waals surface area (Å²) in [4.78, 5) is 13.8. The third kappa shape index (κ3) is 3.64. The molecule has 1 aliphatic rings. The first-order chi connectivity index (χ1) is 9.20. The van der Waals surface area contributed by atoms with Gasteiger partial charge < -0.3 is 15.0 Å². The molecule has 0 saturated carbocycles. The molecule has 1 aromatic heterocycles. The molecule has 1 fully saturated rings. The Bertz CT molecular complexity index is 415. The summed E-state index contributed by atoms with van der Waals surface area (Å²) in [7, 11) is 1.77. The smallest absolute Gasteiger partial charge is 0.274 e. The highest BCUT2D eigenvalue weighted by molar-refractivity contribution is 5.92. The molecular weight excluding hydrogens is 244 g/mol. The SMILES string of the molecule is CCNc1ccc(C(=O)N(C)CC2CCCO2)nn1. The lowest BCUT2D eigenvalue weighted by molar-refractivity contribution is 0.0582. The van der Waals surface area contributed by atoms with Gasteiger partial charge in [-0.05, 0) is 31.9 Å². The lowest BCUT2D eigenvalue weighted by atomic mass is 10.2. The second-order valence-electron chi connectivity index (χ2n) is 4.65. The van der Waals surface area contributed by atoms with Gasteiger partial charge in [0.05, 0.1) is 6.10 Å². The van der Waals surface area contributed by atoms with Crippen molar-refractivity contribution in [1.29, 1.82) is 0 Å². The molecule has 0 aliphatic carbocycles. The minimum atomic E-state index is -0.119. The van der Waals surface area contributed by atoms with Gasteiger partial charge in [0.1, 0.15) is 5.82 Å². The van der Waals surface area contributed by atoms with Gasteiger partial charge in [0, 0.05) is 26.7 Å². The normalized spacial score (nSPS) is 18.3. The van der Waals surface area contributed by atoms with Crippen molar-refractivity contribution >= 4 is 11.7 Å². The van der Waals surface area contributed by atoms with E-state index in [0.717, 1.165) is 26.0 Å². The molecule has 0 radical (unpaired) electrons. The van der Waals surface area contributed by atoms with Gasteiger partial charge in [0.25, 0.3) is 5.91 Å². The quantitative estimate of drug-likeness (QED) is 0.864. The van der Waals surface area contributed by atoms with Crippen molar-refractivity contribution in [2.24, 2.45) is 0 Å². The summed E-state index contributed by atoms with van der Waals surface area (Å²) in [6.45, 7) is 4.16. The van der Waals surface area contributed by atoms with Crippen LogP contribution in [-0.2, 0) is 4.74 Å². The number of hydrogen-bond donors (Lipinski definition) is 1. The Morgan fingerprint density at radius 1 is 1.53 bits per heavy atom. The molecule has 2 rings (SSSR count). The molecular formula is C13H20N4O2. The molecule has 1 unspecified atom stereocenters. The number of hydrogen-bond acceptors (Lipinski definition) is 5. The maximum absolute atomic E-state index is 12.1. The molecule has 0 spiro atoms. The van der Waals surface area contributed by atoms with E-state index in [9.17, 15) is 4.79 Å². The summed E-state index contributed by atoms with van der Waals surface area (Å²) in [5.74, 6) is 0.562. The van der Waals surface area contributed by atoms with Gasteiger partial charge in [-0.1, -0.05) is 0 Å². The fourth-order valence-corrected chi connectivity index (χ4v) is 2.09. The van der Waals surface area contributed by atoms with Crippen LogP contribution in [0.1, 0.15) is 30.3 Å². The molecule has 1 aliphatic heterocycles. The Labute approximate surface area is 113 Å². The van der Waals surface area contributed by atoms with Crippen LogP contribution < -0.4 is 5.32 Å². The van der Waals surface area contributed by atoms with Crippen molar-refractivity contribution in [3.8, 4) is 0 Å². The van der Waals surface area contributed by atoms with E-state index in [4.69, 9.17) is 4.74 Å². The van der Waals surface area contributed by atoms with Crippen LogP contribution in [-0.4, -0.2) is 53.9 Å². The van der Waals surface area contributed by atoms with E-state index < -0.39 is 0 Å². The molecule has 1 amide bonds. The number of rotatable bonds is 5. The predicted octanol–water partition coefficient (Wildman–Crippen LogP) is 1.16. The zero-order valence-corrected chi connectivity index (χ0v) is 11.4. The van der Waals surface area contributed by atoms with Crippen LogP contribution in [0, 0.1) is 0 Å². The second-order valence-corrected chi connectivity index (χ2v) is 4.65. The topological polar surface area (TPSA) is 67.4 Å². The Morgan fingerprint density at radius 3 is 2.95 bits per heavy atom. The number of likely N-dealkylation sites (N-methyl/N-ethyl adjacent to an activating group) is 1. The number of nitrogens with one attached hydrogen (secondary N) is 1. The molecule has 1 N–H and O–H groups in total. The van der Waals surface area contributed by atoms with Crippen molar-refractivity contribution < 1.29 is 9.53 Å². The zero-order valence-electron chi connectivity index (χ0n) is 11.4. The van der Waals surface area contributed by atoms with Crippen LogP contribution in [0.3, 0.4) is 0 Å². The van der Waals surface area contributed by atoms with Crippen molar-refractivity contribution in [3.05, 3.63) is 17.8 Å². The molecule has 6 nitrogen and oxygen atoms in total. The average Bonchev–Trinajstić information content (AvgIpc) is 2.92. The number of carbonyl (C=O) groups is 1. The van der Waals surface area contributed by atoms with Gasteiger partial charge in [-0.3, -0.25) is 4.79 Å². The van der Waals surface area contributed by atoms with Gasteiger partial charge in [-0.15, -0.1) is 10.2 Å². The minimum absolute atomic E-state index is 0.119. The first-order valence-corrected chi connectivity index (χ1v) is 6.65. The lowest BCUT2D eigenvalue weighted by Gasteiger charge is -2.20. The van der Waals surface area contributed by atoms with Crippen molar-refractivity contribution in [1.82, 2.24) is 15.1 Å². The molecule has 19 heavy (non-hydrogen) atoms. The Balaban J connectivity index is 1.93. The van der Waals surface area contributed by atoms with E-state index in [2.05, 4.69) is 15.5 Å². The molecule has 0 aromatic carbocycles. The maximum atomic E-state index is 12.1. The number of amides is 1. The standard InChI is InChI=1S/C13H20N4O2/c1-3-14-12-7-6-11(15-16-12)13(18)17(2)9-10-5-4-8-19-10/h6-7,10H,3-5,8-9H2,1-2H3,(H,14,16). The summed E-state index contributed by atoms with van der Waals surface area (Å²) in [5.41, 5.74) is 0.363. The lowest BCUT2D eigenvalue weighted by Crippen LogP contribution is -2.34. The summed E-state index contributed by atoms with van der Waals surface area (Å²) in [5, 5.41) is 11.0. The van der Waals surface area contributed by atoms with Crippen molar-refractivity contribution in [2.75, 3.05) is 32.1 Å². The molecule has 1 aromatic rings. The summed E-state index contributed by atoms with van der Waals surface area (Å²) in [6, 6.07) is 3.46. The predicted molar refractivity (Wildman–Crippen MR) is 72.1 cm³/mol. The number of ether oxygens (including phenoxy) is 1. The molecule has 2 heterocycles. The van der Waals surface area contributed by atoms with Crippen LogP contribution in [0.5, 0.6) is 0 Å². The van der Waals surface area contributed by atoms with E-state index in [-0.39, 0.29) is 12.0 Å². The third-order valence-electron chi connectivity index (χ3n) is 3.09. The first-order valence-electron chi connectivity index (χ1n) is 6.65. The van der Waals surface area contributed by atoms with E-state index in [1.807, 2.05) is 6.92 Å². The summed E-state index contributed by atoms with van der Waals surface area (Å²) < 4.78 is 5.52. The van der Waals surface area contributed by atoms with Crippen molar-refractivity contribution in [2.45, 2.75) is 25.9 Å². The van der Waals surface area contributed by atoms with E-state index in [1.54, 1.807) is 24.1 Å². The summed E-state index contributed by atoms with van der Waals surface area (Å²) >= 11 is 0. The van der Waals surface area contributed by atoms with Crippen LogP contribution in [0.25, 0.3) is 0 Å². The Hall–Kier alpha value is -1.69. The fourth-order valence-electron chi connectivity index (χ4n) is 2.09. The average molecular weight is 264 g/mol. The van der Waals surface area contributed by atoms with Gasteiger partial charge in [0.2, 0.25) is 0 Å². The number of nitrogens with zero attached hydrogens (tertiary/aromatic N) is 3. The van der Waals surface area contributed by atoms with E-state index in [1.165, 1.54) is 0 Å². The van der Waals surface area contributed by atoms with Gasteiger partial charge in [-0.2, -0.15) is 0 Å². The molecule has 6 heteroatoms. The van der Waals surface area contributed by atoms with Crippen LogP contribution in [0.15, 0.2) is 12.1 Å². The zero-order chi connectivity index (χ0) is 13.7.